The van der Waals surface area contributed by atoms with Gasteiger partial charge in [0.05, 0.1) is 11.1 Å². The van der Waals surface area contributed by atoms with Gasteiger partial charge in [-0.25, -0.2) is 14.8 Å². The van der Waals surface area contributed by atoms with Crippen LogP contribution in [0.1, 0.15) is 10.4 Å². The Kier molecular flexibility index (Phi) is 3.26. The molecule has 20 heavy (non-hydrogen) atoms. The van der Waals surface area contributed by atoms with Crippen LogP contribution >= 0.6 is 11.8 Å². The molecule has 0 saturated carbocycles. The van der Waals surface area contributed by atoms with E-state index in [-0.39, 0.29) is 5.56 Å². The lowest BCUT2D eigenvalue weighted by molar-refractivity contribution is 0.0696. The van der Waals surface area contributed by atoms with Crippen LogP contribution in [0.15, 0.2) is 52.8 Å². The number of benzene rings is 1. The van der Waals surface area contributed by atoms with Crippen LogP contribution in [0, 0.1) is 0 Å². The molecule has 7 heteroatoms. The SMILES string of the molecule is O=C(O)c1ccc(Sc2nnc3ccccc3n2)nc1. The van der Waals surface area contributed by atoms with Crippen molar-refractivity contribution in [2.45, 2.75) is 10.2 Å². The number of carbonyl (C=O) groups is 1. The Bertz CT molecular complexity index is 777. The first-order valence-corrected chi connectivity index (χ1v) is 6.51. The average molecular weight is 284 g/mol. The van der Waals surface area contributed by atoms with Gasteiger partial charge in [-0.2, -0.15) is 0 Å². The van der Waals surface area contributed by atoms with E-state index in [0.29, 0.717) is 10.2 Å². The van der Waals surface area contributed by atoms with Crippen molar-refractivity contribution in [1.82, 2.24) is 20.2 Å². The number of para-hydroxylation sites is 1. The smallest absolute Gasteiger partial charge is 0.337 e. The Hall–Kier alpha value is -2.54. The summed E-state index contributed by atoms with van der Waals surface area (Å²) >= 11 is 1.23. The topological polar surface area (TPSA) is 88.9 Å². The maximum Gasteiger partial charge on any atom is 0.337 e. The molecule has 0 spiro atoms. The molecule has 0 unspecified atom stereocenters. The molecular weight excluding hydrogens is 276 g/mol. The van der Waals surface area contributed by atoms with Gasteiger partial charge in [0, 0.05) is 6.20 Å². The van der Waals surface area contributed by atoms with Gasteiger partial charge < -0.3 is 5.11 Å². The molecular formula is C13H8N4O2S. The van der Waals surface area contributed by atoms with E-state index in [0.717, 1.165) is 11.0 Å². The molecule has 1 N–H and O–H groups in total. The number of carboxylic acids is 1. The summed E-state index contributed by atoms with van der Waals surface area (Å²) in [6, 6.07) is 10.6. The second-order valence-electron chi connectivity index (χ2n) is 3.88. The Balaban J connectivity index is 1.87. The van der Waals surface area contributed by atoms with Crippen LogP contribution in [0.2, 0.25) is 0 Å². The summed E-state index contributed by atoms with van der Waals surface area (Å²) in [4.78, 5) is 19.1. The molecule has 0 aliphatic carbocycles. The molecule has 0 bridgehead atoms. The summed E-state index contributed by atoms with van der Waals surface area (Å²) in [7, 11) is 0. The minimum absolute atomic E-state index is 0.145. The fraction of sp³-hybridized carbons (Fsp3) is 0. The van der Waals surface area contributed by atoms with Crippen LogP contribution in [-0.2, 0) is 0 Å². The van der Waals surface area contributed by atoms with E-state index in [4.69, 9.17) is 5.11 Å². The van der Waals surface area contributed by atoms with Crippen molar-refractivity contribution < 1.29 is 9.90 Å². The zero-order valence-corrected chi connectivity index (χ0v) is 10.9. The van der Waals surface area contributed by atoms with Crippen LogP contribution in [0.5, 0.6) is 0 Å². The Labute approximate surface area is 117 Å². The summed E-state index contributed by atoms with van der Waals surface area (Å²) in [5.74, 6) is -1.00. The molecule has 0 fully saturated rings. The highest BCUT2D eigenvalue weighted by Gasteiger charge is 2.07. The number of aromatic carboxylic acids is 1. The molecule has 3 aromatic rings. The van der Waals surface area contributed by atoms with Crippen molar-refractivity contribution in [1.29, 1.82) is 0 Å². The van der Waals surface area contributed by atoms with Gasteiger partial charge in [0.15, 0.2) is 0 Å². The van der Waals surface area contributed by atoms with Crippen molar-refractivity contribution in [3.05, 3.63) is 48.2 Å². The van der Waals surface area contributed by atoms with E-state index in [9.17, 15) is 4.79 Å². The highest BCUT2D eigenvalue weighted by atomic mass is 32.2. The van der Waals surface area contributed by atoms with E-state index in [1.54, 1.807) is 6.07 Å². The predicted octanol–water partition coefficient (Wildman–Crippen LogP) is 2.27. The van der Waals surface area contributed by atoms with E-state index >= 15 is 0 Å². The van der Waals surface area contributed by atoms with Crippen molar-refractivity contribution >= 4 is 28.8 Å². The van der Waals surface area contributed by atoms with E-state index in [1.165, 1.54) is 24.0 Å². The number of pyridine rings is 1. The van der Waals surface area contributed by atoms with E-state index < -0.39 is 5.97 Å². The first kappa shape index (κ1) is 12.5. The third-order valence-electron chi connectivity index (χ3n) is 2.52. The van der Waals surface area contributed by atoms with Crippen molar-refractivity contribution in [2.24, 2.45) is 0 Å². The lowest BCUT2D eigenvalue weighted by Crippen LogP contribution is -1.97. The summed E-state index contributed by atoms with van der Waals surface area (Å²) < 4.78 is 0. The number of hydrogen-bond donors (Lipinski definition) is 1. The van der Waals surface area contributed by atoms with Crippen molar-refractivity contribution in [3.8, 4) is 0 Å². The molecule has 98 valence electrons. The fourth-order valence-corrected chi connectivity index (χ4v) is 2.22. The number of carboxylic acid groups (broad SMARTS) is 1. The minimum atomic E-state index is -1.00. The summed E-state index contributed by atoms with van der Waals surface area (Å²) in [6.07, 6.45) is 1.30. The van der Waals surface area contributed by atoms with Gasteiger partial charge >= 0.3 is 5.97 Å². The van der Waals surface area contributed by atoms with Gasteiger partial charge in [0.2, 0.25) is 5.16 Å². The molecule has 1 aromatic carbocycles. The fourth-order valence-electron chi connectivity index (χ4n) is 1.57. The third kappa shape index (κ3) is 2.57. The zero-order valence-electron chi connectivity index (χ0n) is 10.1. The number of nitrogens with zero attached hydrogens (tertiary/aromatic N) is 4. The quantitative estimate of drug-likeness (QED) is 0.789. The highest BCUT2D eigenvalue weighted by molar-refractivity contribution is 7.99. The highest BCUT2D eigenvalue weighted by Crippen LogP contribution is 2.23. The normalized spacial score (nSPS) is 10.6. The monoisotopic (exact) mass is 284 g/mol. The van der Waals surface area contributed by atoms with Crippen LogP contribution in [0.25, 0.3) is 11.0 Å². The summed E-state index contributed by atoms with van der Waals surface area (Å²) in [5.41, 5.74) is 1.63. The molecule has 2 heterocycles. The minimum Gasteiger partial charge on any atom is -0.478 e. The van der Waals surface area contributed by atoms with Crippen molar-refractivity contribution in [2.75, 3.05) is 0 Å². The summed E-state index contributed by atoms with van der Waals surface area (Å²) in [5, 5.41) is 18.0. The van der Waals surface area contributed by atoms with Crippen LogP contribution in [0.4, 0.5) is 0 Å². The van der Waals surface area contributed by atoms with Gasteiger partial charge in [-0.1, -0.05) is 12.1 Å². The van der Waals surface area contributed by atoms with E-state index in [1.807, 2.05) is 24.3 Å². The molecule has 0 radical (unpaired) electrons. The second-order valence-corrected chi connectivity index (χ2v) is 4.86. The molecule has 0 atom stereocenters. The van der Waals surface area contributed by atoms with Crippen LogP contribution < -0.4 is 0 Å². The number of aromatic nitrogens is 4. The Morgan fingerprint density at radius 3 is 2.55 bits per heavy atom. The number of hydrogen-bond acceptors (Lipinski definition) is 6. The molecule has 0 aliphatic rings. The first-order valence-electron chi connectivity index (χ1n) is 5.69. The largest absolute Gasteiger partial charge is 0.478 e. The molecule has 0 saturated heterocycles. The van der Waals surface area contributed by atoms with Crippen molar-refractivity contribution in [3.63, 3.8) is 0 Å². The second kappa shape index (κ2) is 5.22. The number of fused-ring (bicyclic) bond motifs is 1. The van der Waals surface area contributed by atoms with Crippen LogP contribution in [-0.4, -0.2) is 31.2 Å². The lowest BCUT2D eigenvalue weighted by atomic mass is 10.3. The van der Waals surface area contributed by atoms with E-state index in [2.05, 4.69) is 20.2 Å². The molecule has 3 rings (SSSR count). The molecule has 6 nitrogen and oxygen atoms in total. The van der Waals surface area contributed by atoms with Gasteiger partial charge in [0.25, 0.3) is 0 Å². The van der Waals surface area contributed by atoms with Gasteiger partial charge in [0.1, 0.15) is 10.5 Å². The molecule has 0 amide bonds. The maximum absolute atomic E-state index is 10.7. The zero-order chi connectivity index (χ0) is 13.9. The average Bonchev–Trinajstić information content (AvgIpc) is 2.48. The predicted molar refractivity (Wildman–Crippen MR) is 72.7 cm³/mol. The number of rotatable bonds is 3. The van der Waals surface area contributed by atoms with Gasteiger partial charge in [-0.3, -0.25) is 0 Å². The van der Waals surface area contributed by atoms with Crippen LogP contribution in [0.3, 0.4) is 0 Å². The third-order valence-corrected chi connectivity index (χ3v) is 3.33. The van der Waals surface area contributed by atoms with Gasteiger partial charge in [-0.05, 0) is 36.0 Å². The maximum atomic E-state index is 10.7. The molecule has 0 aliphatic heterocycles. The molecule has 2 aromatic heterocycles. The standard InChI is InChI=1S/C13H8N4O2S/c18-12(19)8-5-6-11(14-7-8)20-13-15-9-3-1-2-4-10(9)16-17-13/h1-7H,(H,18,19). The first-order chi connectivity index (χ1) is 9.72. The Morgan fingerprint density at radius 1 is 1.05 bits per heavy atom. The summed E-state index contributed by atoms with van der Waals surface area (Å²) in [6.45, 7) is 0. The van der Waals surface area contributed by atoms with Gasteiger partial charge in [-0.15, -0.1) is 10.2 Å². The Morgan fingerprint density at radius 2 is 1.85 bits per heavy atom. The lowest BCUT2D eigenvalue weighted by Gasteiger charge is -2.00.